The number of carbonyl (C=O) groups excluding carboxylic acids is 4. The fourth-order valence-corrected chi connectivity index (χ4v) is 11.4. The van der Waals surface area contributed by atoms with Crippen LogP contribution < -0.4 is 15.5 Å². The summed E-state index contributed by atoms with van der Waals surface area (Å²) >= 11 is 9.16. The Labute approximate surface area is 454 Å². The van der Waals surface area contributed by atoms with E-state index in [1.807, 2.05) is 58.4 Å². The van der Waals surface area contributed by atoms with Gasteiger partial charge in [0.05, 0.1) is 30.0 Å². The summed E-state index contributed by atoms with van der Waals surface area (Å²) in [7, 11) is 1.73. The molecule has 4 amide bonds. The molecule has 24 heteroatoms. The molecule has 5 aromatic heterocycles. The lowest BCUT2D eigenvalue weighted by Crippen LogP contribution is -2.64. The summed E-state index contributed by atoms with van der Waals surface area (Å²) in [5, 5.41) is 25.1. The number of H-pyrrole nitrogens is 1. The number of benzene rings is 2. The van der Waals surface area contributed by atoms with Gasteiger partial charge in [0, 0.05) is 113 Å². The highest BCUT2D eigenvalue weighted by Gasteiger charge is 2.45. The molecule has 0 radical (unpaired) electrons. The number of nitrogens with zero attached hydrogens (tertiary/aromatic N) is 13. The SMILES string of the molecule is Cc1cc(-n2ccnc2)ccc1CSc1nnc(C(=O)N(C)CCc2cn(CCC(=O)N3CCN(CC[C@H](NC(=O)C4(NC(=O)OC(C)(C)C)CCN(c5ncnc6[nH]ccc56)CC4)c4ccc(Cl)cc4)CC3)nn2)s1. The molecule has 0 aliphatic carbocycles. The molecule has 2 fully saturated rings. The molecule has 76 heavy (non-hydrogen) atoms. The molecule has 2 aliphatic rings. The van der Waals surface area contributed by atoms with E-state index in [0.717, 1.165) is 38.0 Å². The minimum absolute atomic E-state index is 0.0348. The van der Waals surface area contributed by atoms with Gasteiger partial charge in [0.1, 0.15) is 28.9 Å². The van der Waals surface area contributed by atoms with Crippen LogP contribution in [-0.2, 0) is 33.0 Å². The predicted octanol–water partition coefficient (Wildman–Crippen LogP) is 6.50. The zero-order chi connectivity index (χ0) is 53.4. The summed E-state index contributed by atoms with van der Waals surface area (Å²) < 4.78 is 10.1. The molecule has 7 aromatic rings. The number of alkyl carbamates (subject to hydrolysis) is 1. The topological polar surface area (TPSA) is 230 Å². The first-order valence-corrected chi connectivity index (χ1v) is 27.6. The van der Waals surface area contributed by atoms with Crippen molar-refractivity contribution in [3.8, 4) is 5.69 Å². The molecule has 400 valence electrons. The number of ether oxygens (including phenoxy) is 1. The largest absolute Gasteiger partial charge is 0.444 e. The number of piperazine rings is 1. The standard InChI is InChI=1S/C52H63ClN16O5S2/c1-35-30-40(68-25-19-54-34-68)11-8-37(35)32-75-50-62-61-46(76-50)47(71)64(5)20-13-39-31-69(63-60-39)22-15-43(70)66-28-26-65(27-29-66)21-14-42(36-6-9-38(53)10-7-36)58-48(72)52(59-49(73)74-51(2,3)4)16-23-67(24-17-52)45-41-12-18-55-44(41)56-33-57-45/h6-12,18-19,25,30-31,33-34,42H,13-17,20-24,26-29,32H2,1-5H3,(H,58,72)(H,59,73)(H,55,56,57)/t42-/m0/s1. The number of nitrogens with one attached hydrogen (secondary N) is 3. The van der Waals surface area contributed by atoms with Gasteiger partial charge in [-0.3, -0.25) is 24.0 Å². The minimum atomic E-state index is -1.26. The zero-order valence-electron chi connectivity index (χ0n) is 43.3. The third kappa shape index (κ3) is 13.5. The summed E-state index contributed by atoms with van der Waals surface area (Å²) in [6, 6.07) is 15.3. The van der Waals surface area contributed by atoms with Crippen molar-refractivity contribution in [3.05, 3.63) is 118 Å². The number of imidazole rings is 1. The highest BCUT2D eigenvalue weighted by atomic mass is 35.5. The number of hydrogen-bond acceptors (Lipinski definition) is 16. The normalized spacial score (nSPS) is 15.4. The fourth-order valence-electron chi connectivity index (χ4n) is 9.35. The molecule has 2 saturated heterocycles. The van der Waals surface area contributed by atoms with Gasteiger partial charge in [0.15, 0.2) is 4.34 Å². The summed E-state index contributed by atoms with van der Waals surface area (Å²) in [6.45, 7) is 12.3. The Morgan fingerprint density at radius 3 is 2.50 bits per heavy atom. The number of thioether (sulfide) groups is 1. The first-order valence-electron chi connectivity index (χ1n) is 25.4. The Bertz CT molecular complexity index is 3100. The molecule has 0 saturated carbocycles. The molecular weight excluding hydrogens is 1030 g/mol. The van der Waals surface area contributed by atoms with Crippen LogP contribution in [0.1, 0.15) is 84.7 Å². The third-order valence-electron chi connectivity index (χ3n) is 13.7. The third-order valence-corrected chi connectivity index (χ3v) is 16.1. The van der Waals surface area contributed by atoms with Gasteiger partial charge in [-0.25, -0.2) is 19.7 Å². The molecule has 2 aliphatic heterocycles. The lowest BCUT2D eigenvalue weighted by atomic mass is 9.85. The van der Waals surface area contributed by atoms with E-state index in [0.29, 0.717) is 106 Å². The van der Waals surface area contributed by atoms with Crippen molar-refractivity contribution >= 4 is 75.4 Å². The van der Waals surface area contributed by atoms with E-state index in [2.05, 4.69) is 86.0 Å². The molecule has 0 bridgehead atoms. The van der Waals surface area contributed by atoms with Crippen LogP contribution in [0.25, 0.3) is 16.7 Å². The van der Waals surface area contributed by atoms with Crippen molar-refractivity contribution in [1.29, 1.82) is 0 Å². The van der Waals surface area contributed by atoms with Gasteiger partial charge in [-0.2, -0.15) is 0 Å². The maximum Gasteiger partial charge on any atom is 0.408 e. The number of piperidine rings is 1. The van der Waals surface area contributed by atoms with Crippen LogP contribution in [0.3, 0.4) is 0 Å². The lowest BCUT2D eigenvalue weighted by molar-refractivity contribution is -0.133. The molecule has 3 N–H and O–H groups in total. The average Bonchev–Trinajstić information content (AvgIpc) is 4.27. The van der Waals surface area contributed by atoms with Gasteiger partial charge >= 0.3 is 6.09 Å². The van der Waals surface area contributed by atoms with Crippen molar-refractivity contribution < 1.29 is 23.9 Å². The number of fused-ring (bicyclic) bond motifs is 1. The highest BCUT2D eigenvalue weighted by Crippen LogP contribution is 2.32. The second-order valence-corrected chi connectivity index (χ2v) is 22.8. The molecule has 0 unspecified atom stereocenters. The number of rotatable bonds is 19. The number of aryl methyl sites for hydroxylation is 2. The Morgan fingerprint density at radius 1 is 0.974 bits per heavy atom. The number of hydrogen-bond donors (Lipinski definition) is 3. The van der Waals surface area contributed by atoms with Crippen LogP contribution in [0, 0.1) is 6.92 Å². The van der Waals surface area contributed by atoms with Crippen molar-refractivity contribution in [2.75, 3.05) is 64.3 Å². The Morgan fingerprint density at radius 2 is 1.76 bits per heavy atom. The molecule has 9 rings (SSSR count). The number of aromatic amines is 1. The van der Waals surface area contributed by atoms with Crippen molar-refractivity contribution in [2.45, 2.75) is 93.6 Å². The number of likely N-dealkylation sites (N-methyl/N-ethyl adjacent to an activating group) is 1. The van der Waals surface area contributed by atoms with Gasteiger partial charge in [-0.15, -0.1) is 15.3 Å². The van der Waals surface area contributed by atoms with Gasteiger partial charge in [0.2, 0.25) is 16.8 Å². The highest BCUT2D eigenvalue weighted by molar-refractivity contribution is 8.00. The van der Waals surface area contributed by atoms with Gasteiger partial charge in [-0.05, 0) is 94.0 Å². The lowest BCUT2D eigenvalue weighted by Gasteiger charge is -2.42. The van der Waals surface area contributed by atoms with Gasteiger partial charge < -0.3 is 39.6 Å². The maximum absolute atomic E-state index is 14.7. The summed E-state index contributed by atoms with van der Waals surface area (Å²) in [5.74, 6) is 1.00. The van der Waals surface area contributed by atoms with E-state index in [4.69, 9.17) is 16.3 Å². The van der Waals surface area contributed by atoms with E-state index in [9.17, 15) is 19.2 Å². The van der Waals surface area contributed by atoms with E-state index < -0.39 is 23.3 Å². The quantitative estimate of drug-likeness (QED) is 0.0734. The van der Waals surface area contributed by atoms with E-state index in [1.165, 1.54) is 23.2 Å². The smallest absolute Gasteiger partial charge is 0.408 e. The summed E-state index contributed by atoms with van der Waals surface area (Å²) in [6.07, 6.45) is 11.9. The monoisotopic (exact) mass is 1090 g/mol. The molecular formula is C52H63ClN16O5S2. The number of amides is 4. The number of carbonyl (C=O) groups is 4. The number of aromatic nitrogens is 10. The summed E-state index contributed by atoms with van der Waals surface area (Å²) in [5.41, 5.74) is 3.69. The minimum Gasteiger partial charge on any atom is -0.444 e. The Hall–Kier alpha value is -6.95. The first kappa shape index (κ1) is 53.9. The second kappa shape index (κ2) is 23.9. The second-order valence-electron chi connectivity index (χ2n) is 20.2. The molecule has 1 atom stereocenters. The molecule has 2 aromatic carbocycles. The van der Waals surface area contributed by atoms with Crippen molar-refractivity contribution in [3.63, 3.8) is 0 Å². The molecule has 7 heterocycles. The van der Waals surface area contributed by atoms with Crippen LogP contribution in [0.5, 0.6) is 0 Å². The van der Waals surface area contributed by atoms with E-state index >= 15 is 0 Å². The van der Waals surface area contributed by atoms with Crippen molar-refractivity contribution in [2.24, 2.45) is 0 Å². The first-order chi connectivity index (χ1) is 36.6. The summed E-state index contributed by atoms with van der Waals surface area (Å²) in [4.78, 5) is 78.9. The number of anilines is 1. The molecule has 0 spiro atoms. The van der Waals surface area contributed by atoms with E-state index in [1.54, 1.807) is 61.7 Å². The predicted molar refractivity (Wildman–Crippen MR) is 290 cm³/mol. The van der Waals surface area contributed by atoms with Crippen LogP contribution >= 0.6 is 34.7 Å². The zero-order valence-corrected chi connectivity index (χ0v) is 45.7. The van der Waals surface area contributed by atoms with E-state index in [-0.39, 0.29) is 24.1 Å². The van der Waals surface area contributed by atoms with Crippen LogP contribution in [0.4, 0.5) is 10.6 Å². The van der Waals surface area contributed by atoms with Crippen molar-refractivity contribution in [1.82, 2.24) is 75.0 Å². The van der Waals surface area contributed by atoms with Gasteiger partial charge in [-0.1, -0.05) is 58.1 Å². The Kier molecular flexibility index (Phi) is 17.0. The fraction of sp³-hybridized carbons (Fsp3) is 0.442. The average molecular weight is 1090 g/mol. The molecule has 21 nitrogen and oxygen atoms in total. The van der Waals surface area contributed by atoms with Crippen LogP contribution in [0.15, 0.2) is 90.3 Å². The van der Waals surface area contributed by atoms with Crippen LogP contribution in [0.2, 0.25) is 5.02 Å². The van der Waals surface area contributed by atoms with Gasteiger partial charge in [0.25, 0.3) is 5.91 Å². The Balaban J connectivity index is 0.727. The number of halogens is 1. The van der Waals surface area contributed by atoms with Crippen LogP contribution in [-0.4, -0.2) is 159 Å². The maximum atomic E-state index is 14.7.